The molecule has 0 fully saturated rings. The summed E-state index contributed by atoms with van der Waals surface area (Å²) in [4.78, 5) is 0. The van der Waals surface area contributed by atoms with Crippen LogP contribution in [0.15, 0.2) is 199 Å². The summed E-state index contributed by atoms with van der Waals surface area (Å²) in [6.45, 7) is 0. The molecule has 0 unspecified atom stereocenters. The van der Waals surface area contributed by atoms with E-state index >= 15 is 0 Å². The predicted molar refractivity (Wildman–Crippen MR) is 232 cm³/mol. The van der Waals surface area contributed by atoms with Crippen molar-refractivity contribution in [2.75, 3.05) is 26.5 Å². The molecule has 0 aliphatic heterocycles. The molecule has 7 rings (SSSR count). The van der Waals surface area contributed by atoms with Crippen molar-refractivity contribution in [3.63, 3.8) is 0 Å². The second-order valence-corrected chi connectivity index (χ2v) is 28.1. The van der Waals surface area contributed by atoms with Gasteiger partial charge in [0.15, 0.2) is 0 Å². The molecule has 0 aromatic heterocycles. The van der Waals surface area contributed by atoms with E-state index in [1.54, 1.807) is 14.2 Å². The van der Waals surface area contributed by atoms with Crippen LogP contribution >= 0.6 is 34.4 Å². The Kier molecular flexibility index (Phi) is 10.1. The Balaban J connectivity index is 1.43. The summed E-state index contributed by atoms with van der Waals surface area (Å²) < 4.78 is 12.7. The van der Waals surface area contributed by atoms with Crippen LogP contribution in [0.4, 0.5) is 0 Å². The van der Waals surface area contributed by atoms with Gasteiger partial charge in [-0.2, -0.15) is 0 Å². The average Bonchev–Trinajstić information content (AvgIpc) is 3.23. The fraction of sp³-hybridized carbons (Fsp3) is 0.0870. The summed E-state index contributed by atoms with van der Waals surface area (Å²) in [7, 11) is 3.48. The maximum atomic E-state index is 8.58. The molecule has 0 amide bonds. The zero-order chi connectivity index (χ0) is 36.1. The number of rotatable bonds is 10. The molecule has 2 aliphatic carbocycles. The zero-order valence-electron chi connectivity index (χ0n) is 29.5. The van der Waals surface area contributed by atoms with E-state index in [1.165, 1.54) is 0 Å². The maximum absolute atomic E-state index is 8.58. The van der Waals surface area contributed by atoms with Crippen molar-refractivity contribution in [3.05, 3.63) is 211 Å². The van der Waals surface area contributed by atoms with E-state index in [2.05, 4.69) is 158 Å². The molecule has 0 atom stereocenters. The summed E-state index contributed by atoms with van der Waals surface area (Å²) >= 11 is 17.2. The van der Waals surface area contributed by atoms with Gasteiger partial charge in [-0.1, -0.05) is 0 Å². The fourth-order valence-electron chi connectivity index (χ4n) is 8.34. The van der Waals surface area contributed by atoms with Crippen LogP contribution in [0.2, 0.25) is 0 Å². The minimum atomic E-state index is -4.06. The first-order chi connectivity index (χ1) is 25.3. The predicted octanol–water partition coefficient (Wildman–Crippen LogP) is 8.69. The Morgan fingerprint density at radius 2 is 0.808 bits per heavy atom. The molecule has 5 aromatic carbocycles. The van der Waals surface area contributed by atoms with Crippen molar-refractivity contribution in [2.24, 2.45) is 0 Å². The molecule has 262 valence electrons. The molecular formula is C46H44Cl2O2P2+2. The number of hydrogen-bond acceptors (Lipinski definition) is 0. The van der Waals surface area contributed by atoms with Crippen LogP contribution in [-0.2, 0) is 8.85 Å². The van der Waals surface area contributed by atoms with Crippen molar-refractivity contribution in [1.29, 1.82) is 0 Å². The van der Waals surface area contributed by atoms with Gasteiger partial charge in [-0.15, -0.1) is 0 Å². The number of benzene rings is 5. The van der Waals surface area contributed by atoms with Gasteiger partial charge in [0, 0.05) is 0 Å². The third-order valence-corrected chi connectivity index (χ3v) is 27.0. The van der Waals surface area contributed by atoms with Crippen molar-refractivity contribution < 1.29 is 8.85 Å². The molecule has 0 saturated heterocycles. The van der Waals surface area contributed by atoms with Crippen LogP contribution in [0.5, 0.6) is 0 Å². The van der Waals surface area contributed by atoms with E-state index in [9.17, 15) is 0 Å². The molecule has 0 bridgehead atoms. The van der Waals surface area contributed by atoms with Crippen LogP contribution in [0, 0.1) is 12.1 Å². The standard InChI is InChI=1S/C46H44Cl2O2P2/c1-49-45-33-38(36-52(48,42-27-15-6-16-28-42,43-29-17-7-18-30-43)44-31-19-8-20-32-44)46(50-2)34-37(45)35-51(47,39-21-9-3-10-22-39,40-23-11-4-12-24-40)41-25-13-5-14-26-41/h3-34,51-52H,35-36H2,1-2H3/q+2. The second-order valence-electron chi connectivity index (χ2n) is 13.7. The molecular weight excluding hydrogens is 717 g/mol. The molecule has 2 aliphatic rings. The molecule has 52 heavy (non-hydrogen) atoms. The average molecular weight is 762 g/mol. The number of halogens is 2. The number of carbonyl (C=O) groups excluding carboxylic acids is 2. The van der Waals surface area contributed by atoms with E-state index in [-0.39, 0.29) is 0 Å². The number of allylic oxidation sites excluding steroid dienone is 8. The quantitative estimate of drug-likeness (QED) is 0.0589. The number of hydrogen-bond donors (Lipinski definition) is 0. The van der Waals surface area contributed by atoms with Gasteiger partial charge in [0.1, 0.15) is 0 Å². The van der Waals surface area contributed by atoms with Gasteiger partial charge >= 0.3 is 319 Å². The molecule has 2 nitrogen and oxygen atoms in total. The van der Waals surface area contributed by atoms with Gasteiger partial charge in [-0.05, 0) is 0 Å². The third kappa shape index (κ3) is 5.93. The Labute approximate surface area is 317 Å². The van der Waals surface area contributed by atoms with Crippen LogP contribution in [-0.4, -0.2) is 38.1 Å². The van der Waals surface area contributed by atoms with Crippen molar-refractivity contribution in [1.82, 2.24) is 0 Å². The Hall–Kier alpha value is -4.42. The minimum absolute atomic E-state index is 0.530. The summed E-state index contributed by atoms with van der Waals surface area (Å²) in [6.07, 6.45) is 15.9. The van der Waals surface area contributed by atoms with E-state index in [1.807, 2.05) is 36.8 Å². The van der Waals surface area contributed by atoms with Crippen LogP contribution in [0.1, 0.15) is 0 Å². The Bertz CT molecular complexity index is 2080. The van der Waals surface area contributed by atoms with E-state index in [0.29, 0.717) is 12.3 Å². The summed E-state index contributed by atoms with van der Waals surface area (Å²) in [5, 5.41) is 5.54. The molecule has 5 aromatic rings. The van der Waals surface area contributed by atoms with E-state index < -0.39 is 11.9 Å². The Morgan fingerprint density at radius 3 is 1.15 bits per heavy atom. The van der Waals surface area contributed by atoms with Crippen molar-refractivity contribution >= 4 is 72.5 Å². The molecule has 0 heterocycles. The first kappa shape index (κ1) is 36.0. The normalized spacial score (nSPS) is 17.7. The van der Waals surface area contributed by atoms with Gasteiger partial charge in [0.05, 0.1) is 0 Å². The SMILES string of the molecule is C[O+]=C1C=C(C[PH-](Cl)(c2ccccc2)(c2ccccc2)[C+]2C=C[CH+]C=C2)C(=[O+]C)C=C1C[PH-](Cl)(c1ccccc1)(c1ccccc1)c1ccccc1. The molecule has 0 spiro atoms. The number of ketones is 2. The van der Waals surface area contributed by atoms with Gasteiger partial charge in [-0.25, -0.2) is 0 Å². The first-order valence-corrected chi connectivity index (χ1v) is 25.1. The summed E-state index contributed by atoms with van der Waals surface area (Å²) in [5.41, 5.74) is 3.05. The Morgan fingerprint density at radius 1 is 0.481 bits per heavy atom. The van der Waals surface area contributed by atoms with Crippen LogP contribution < -0.4 is 26.5 Å². The first-order valence-electron chi connectivity index (χ1n) is 17.6. The van der Waals surface area contributed by atoms with Crippen molar-refractivity contribution in [2.45, 2.75) is 0 Å². The monoisotopic (exact) mass is 760 g/mol. The van der Waals surface area contributed by atoms with Gasteiger partial charge in [0.25, 0.3) is 0 Å². The molecule has 0 radical (unpaired) electrons. The van der Waals surface area contributed by atoms with Gasteiger partial charge in [0.2, 0.25) is 0 Å². The van der Waals surface area contributed by atoms with E-state index in [0.717, 1.165) is 54.9 Å². The van der Waals surface area contributed by atoms with Gasteiger partial charge < -0.3 is 0 Å². The van der Waals surface area contributed by atoms with Gasteiger partial charge in [-0.3, -0.25) is 0 Å². The molecule has 6 heteroatoms. The van der Waals surface area contributed by atoms with Crippen LogP contribution in [0.3, 0.4) is 0 Å². The summed E-state index contributed by atoms with van der Waals surface area (Å²) in [5.74, 6) is -6.62. The van der Waals surface area contributed by atoms with Crippen molar-refractivity contribution in [3.8, 4) is 0 Å². The topological polar surface area (TPSA) is 22.6 Å². The van der Waals surface area contributed by atoms with Crippen LogP contribution in [0.25, 0.3) is 0 Å². The zero-order valence-corrected chi connectivity index (χ0v) is 33.0. The molecule has 0 saturated carbocycles. The summed E-state index contributed by atoms with van der Waals surface area (Å²) in [6, 6.07) is 52.8. The second kappa shape index (κ2) is 14.5. The van der Waals surface area contributed by atoms with E-state index in [4.69, 9.17) is 31.3 Å². The third-order valence-electron chi connectivity index (χ3n) is 11.0. The molecule has 0 N–H and O–H groups in total. The fourth-order valence-corrected chi connectivity index (χ4v) is 22.0.